The molecule has 0 aliphatic rings. The van der Waals surface area contributed by atoms with E-state index in [0.29, 0.717) is 33.9 Å². The Morgan fingerprint density at radius 3 is 1.07 bits per heavy atom. The lowest BCUT2D eigenvalue weighted by Crippen LogP contribution is -2.05. The molecule has 0 saturated heterocycles. The second-order valence-electron chi connectivity index (χ2n) is 6.24. The summed E-state index contributed by atoms with van der Waals surface area (Å²) in [5.74, 6) is 0. The van der Waals surface area contributed by atoms with Gasteiger partial charge in [0.1, 0.15) is 0 Å². The summed E-state index contributed by atoms with van der Waals surface area (Å²) < 4.78 is 76.8. The van der Waals surface area contributed by atoms with Crippen LogP contribution in [-0.4, -0.2) is 9.97 Å². The third-order valence-electron chi connectivity index (χ3n) is 4.28. The van der Waals surface area contributed by atoms with Crippen LogP contribution in [-0.2, 0) is 12.4 Å². The van der Waals surface area contributed by atoms with E-state index in [4.69, 9.17) is 0 Å². The van der Waals surface area contributed by atoms with Crippen LogP contribution in [0.5, 0.6) is 0 Å². The van der Waals surface area contributed by atoms with Crippen LogP contribution in [0.4, 0.5) is 26.3 Å². The van der Waals surface area contributed by atoms with Gasteiger partial charge in [-0.25, -0.2) is 9.97 Å². The highest BCUT2D eigenvalue weighted by molar-refractivity contribution is 5.78. The molecule has 0 N–H and O–H groups in total. The van der Waals surface area contributed by atoms with Crippen LogP contribution in [0.2, 0.25) is 0 Å². The fraction of sp³-hybridized carbons (Fsp3) is 0.200. The SMILES string of the molecule is Cc1nc(-c2ccc(C(F)(F)F)cc2)c(-c2ccc(C(F)(F)F)cc2)nc1C. The van der Waals surface area contributed by atoms with Crippen LogP contribution >= 0.6 is 0 Å². The van der Waals surface area contributed by atoms with Crippen molar-refractivity contribution < 1.29 is 26.3 Å². The monoisotopic (exact) mass is 396 g/mol. The van der Waals surface area contributed by atoms with Gasteiger partial charge in [0, 0.05) is 11.1 Å². The highest BCUT2D eigenvalue weighted by Crippen LogP contribution is 2.35. The van der Waals surface area contributed by atoms with E-state index in [1.165, 1.54) is 24.3 Å². The zero-order valence-electron chi connectivity index (χ0n) is 14.8. The number of benzene rings is 2. The Kier molecular flexibility index (Phi) is 4.91. The Morgan fingerprint density at radius 1 is 0.536 bits per heavy atom. The first kappa shape index (κ1) is 19.9. The summed E-state index contributed by atoms with van der Waals surface area (Å²) >= 11 is 0. The molecular formula is C20H14F6N2. The number of aryl methyl sites for hydroxylation is 2. The Hall–Kier alpha value is -2.90. The molecule has 0 spiro atoms. The molecule has 2 nitrogen and oxygen atoms in total. The smallest absolute Gasteiger partial charge is 0.249 e. The average molecular weight is 396 g/mol. The van der Waals surface area contributed by atoms with Crippen molar-refractivity contribution in [1.29, 1.82) is 0 Å². The summed E-state index contributed by atoms with van der Waals surface area (Å²) in [5, 5.41) is 0. The van der Waals surface area contributed by atoms with E-state index in [1.54, 1.807) is 13.8 Å². The summed E-state index contributed by atoms with van der Waals surface area (Å²) in [7, 11) is 0. The summed E-state index contributed by atoms with van der Waals surface area (Å²) in [6, 6.07) is 8.83. The quantitative estimate of drug-likeness (QED) is 0.464. The first-order valence-corrected chi connectivity index (χ1v) is 8.17. The molecule has 8 heteroatoms. The number of hydrogen-bond donors (Lipinski definition) is 0. The molecule has 0 unspecified atom stereocenters. The fourth-order valence-electron chi connectivity index (χ4n) is 2.64. The highest BCUT2D eigenvalue weighted by atomic mass is 19.4. The van der Waals surface area contributed by atoms with Crippen molar-refractivity contribution in [2.24, 2.45) is 0 Å². The molecular weight excluding hydrogens is 382 g/mol. The highest BCUT2D eigenvalue weighted by Gasteiger charge is 2.31. The third kappa shape index (κ3) is 4.00. The van der Waals surface area contributed by atoms with Crippen LogP contribution in [0, 0.1) is 13.8 Å². The molecule has 1 aromatic heterocycles. The molecule has 146 valence electrons. The van der Waals surface area contributed by atoms with Gasteiger partial charge in [-0.2, -0.15) is 26.3 Å². The lowest BCUT2D eigenvalue weighted by atomic mass is 10.0. The van der Waals surface area contributed by atoms with Gasteiger partial charge in [0.05, 0.1) is 33.9 Å². The summed E-state index contributed by atoms with van der Waals surface area (Å²) in [5.41, 5.74) is 0.925. The van der Waals surface area contributed by atoms with Gasteiger partial charge in [-0.05, 0) is 38.1 Å². The van der Waals surface area contributed by atoms with E-state index in [1.807, 2.05) is 0 Å². The van der Waals surface area contributed by atoms with Crippen LogP contribution in [0.3, 0.4) is 0 Å². The molecule has 0 saturated carbocycles. The molecule has 2 aromatic carbocycles. The number of alkyl halides is 6. The Morgan fingerprint density at radius 2 is 0.821 bits per heavy atom. The van der Waals surface area contributed by atoms with Crippen LogP contribution in [0.25, 0.3) is 22.5 Å². The van der Waals surface area contributed by atoms with Gasteiger partial charge in [-0.15, -0.1) is 0 Å². The van der Waals surface area contributed by atoms with E-state index in [2.05, 4.69) is 9.97 Å². The molecule has 0 aliphatic heterocycles. The largest absolute Gasteiger partial charge is 0.416 e. The Labute approximate surface area is 156 Å². The van der Waals surface area contributed by atoms with Gasteiger partial charge in [0.25, 0.3) is 0 Å². The first-order chi connectivity index (χ1) is 13.0. The Bertz CT molecular complexity index is 905. The van der Waals surface area contributed by atoms with Gasteiger partial charge in [0.15, 0.2) is 0 Å². The minimum absolute atomic E-state index is 0.302. The lowest BCUT2D eigenvalue weighted by molar-refractivity contribution is -0.138. The zero-order valence-corrected chi connectivity index (χ0v) is 14.8. The van der Waals surface area contributed by atoms with E-state index >= 15 is 0 Å². The molecule has 0 amide bonds. The summed E-state index contributed by atoms with van der Waals surface area (Å²) in [6.45, 7) is 3.40. The van der Waals surface area contributed by atoms with E-state index in [-0.39, 0.29) is 0 Å². The molecule has 0 atom stereocenters. The van der Waals surface area contributed by atoms with Crippen molar-refractivity contribution in [2.75, 3.05) is 0 Å². The van der Waals surface area contributed by atoms with Gasteiger partial charge >= 0.3 is 12.4 Å². The molecule has 3 rings (SSSR count). The van der Waals surface area contributed by atoms with E-state index < -0.39 is 23.5 Å². The second kappa shape index (κ2) is 6.92. The predicted molar refractivity (Wildman–Crippen MR) is 92.4 cm³/mol. The average Bonchev–Trinajstić information content (AvgIpc) is 2.62. The second-order valence-corrected chi connectivity index (χ2v) is 6.24. The van der Waals surface area contributed by atoms with E-state index in [9.17, 15) is 26.3 Å². The van der Waals surface area contributed by atoms with Gasteiger partial charge in [0.2, 0.25) is 0 Å². The molecule has 3 aromatic rings. The van der Waals surface area contributed by atoms with Crippen LogP contribution < -0.4 is 0 Å². The first-order valence-electron chi connectivity index (χ1n) is 8.17. The number of rotatable bonds is 2. The number of hydrogen-bond acceptors (Lipinski definition) is 2. The summed E-state index contributed by atoms with van der Waals surface area (Å²) in [6.07, 6.45) is -8.94. The maximum absolute atomic E-state index is 12.8. The van der Waals surface area contributed by atoms with Gasteiger partial charge < -0.3 is 0 Å². The number of nitrogens with zero attached hydrogens (tertiary/aromatic N) is 2. The summed E-state index contributed by atoms with van der Waals surface area (Å²) in [4.78, 5) is 8.83. The fourth-order valence-corrected chi connectivity index (χ4v) is 2.64. The molecule has 0 bridgehead atoms. The van der Waals surface area contributed by atoms with Gasteiger partial charge in [-0.3, -0.25) is 0 Å². The molecule has 0 radical (unpaired) electrons. The minimum atomic E-state index is -4.47. The predicted octanol–water partition coefficient (Wildman–Crippen LogP) is 6.47. The minimum Gasteiger partial charge on any atom is -0.249 e. The van der Waals surface area contributed by atoms with Crippen molar-refractivity contribution in [3.8, 4) is 22.5 Å². The van der Waals surface area contributed by atoms with Crippen molar-refractivity contribution in [3.63, 3.8) is 0 Å². The van der Waals surface area contributed by atoms with Crippen molar-refractivity contribution >= 4 is 0 Å². The van der Waals surface area contributed by atoms with Crippen LogP contribution in [0.15, 0.2) is 48.5 Å². The Balaban J connectivity index is 2.11. The van der Waals surface area contributed by atoms with Gasteiger partial charge in [-0.1, -0.05) is 24.3 Å². The maximum Gasteiger partial charge on any atom is 0.416 e. The molecule has 28 heavy (non-hydrogen) atoms. The zero-order chi connectivity index (χ0) is 20.7. The van der Waals surface area contributed by atoms with Crippen molar-refractivity contribution in [1.82, 2.24) is 9.97 Å². The molecule has 0 aliphatic carbocycles. The standard InChI is InChI=1S/C20H14F6N2/c1-11-12(2)28-18(14-5-9-16(10-6-14)20(24,25)26)17(27-11)13-3-7-15(8-4-13)19(21,22)23/h3-10H,1-2H3. The normalized spacial score (nSPS) is 12.3. The number of aromatic nitrogens is 2. The topological polar surface area (TPSA) is 25.8 Å². The lowest BCUT2D eigenvalue weighted by Gasteiger charge is -2.13. The third-order valence-corrected chi connectivity index (χ3v) is 4.28. The van der Waals surface area contributed by atoms with Crippen LogP contribution in [0.1, 0.15) is 22.5 Å². The molecule has 0 fully saturated rings. The maximum atomic E-state index is 12.8. The molecule has 1 heterocycles. The van der Waals surface area contributed by atoms with E-state index in [0.717, 1.165) is 24.3 Å². The van der Waals surface area contributed by atoms with Crippen molar-refractivity contribution in [2.45, 2.75) is 26.2 Å². The number of halogens is 6. The van der Waals surface area contributed by atoms with Crippen molar-refractivity contribution in [3.05, 3.63) is 71.0 Å².